The van der Waals surface area contributed by atoms with E-state index in [1.54, 1.807) is 18.2 Å². The van der Waals surface area contributed by atoms with Crippen molar-refractivity contribution in [2.75, 3.05) is 54.1 Å². The number of aliphatic hydroxyl groups excluding tert-OH is 1. The maximum Gasteiger partial charge on any atom is 0.418 e. The summed E-state index contributed by atoms with van der Waals surface area (Å²) in [7, 11) is 1.53. The second-order valence-electron chi connectivity index (χ2n) is 9.23. The first-order valence-corrected chi connectivity index (χ1v) is 12.5. The van der Waals surface area contributed by atoms with E-state index in [4.69, 9.17) is 4.74 Å². The molecule has 4 rings (SSSR count). The summed E-state index contributed by atoms with van der Waals surface area (Å²) in [6.07, 6.45) is -4.68. The van der Waals surface area contributed by atoms with Gasteiger partial charge in [0.05, 0.1) is 30.7 Å². The van der Waals surface area contributed by atoms with Crippen LogP contribution in [0.3, 0.4) is 0 Å². The highest BCUT2D eigenvalue weighted by molar-refractivity contribution is 6.00. The molecule has 40 heavy (non-hydrogen) atoms. The number of aryl methyl sites for hydroxylation is 1. The molecule has 0 radical (unpaired) electrons. The SMILES string of the molecule is COc1ccc(C)cc1NC(=O)Nc1ccc(N2CCN(C(=O)Nc3c(CO)cccc3C(F)(F)F)CC2)cc1. The molecule has 1 aliphatic heterocycles. The minimum atomic E-state index is -4.68. The summed E-state index contributed by atoms with van der Waals surface area (Å²) in [5, 5.41) is 17.4. The van der Waals surface area contributed by atoms with Gasteiger partial charge in [0.15, 0.2) is 0 Å². The molecule has 12 heteroatoms. The predicted octanol–water partition coefficient (Wildman–Crippen LogP) is 5.51. The number of urea groups is 2. The third kappa shape index (κ3) is 6.75. The number of halogens is 3. The monoisotopic (exact) mass is 557 g/mol. The van der Waals surface area contributed by atoms with Crippen LogP contribution in [0.15, 0.2) is 60.7 Å². The molecule has 9 nitrogen and oxygen atoms in total. The molecule has 4 amide bonds. The smallest absolute Gasteiger partial charge is 0.418 e. The average Bonchev–Trinajstić information content (AvgIpc) is 2.93. The van der Waals surface area contributed by atoms with Crippen molar-refractivity contribution in [2.24, 2.45) is 0 Å². The number of amides is 4. The molecule has 0 spiro atoms. The molecule has 3 aromatic carbocycles. The second kappa shape index (κ2) is 12.2. The van der Waals surface area contributed by atoms with Crippen LogP contribution in [-0.2, 0) is 12.8 Å². The number of methoxy groups -OCH3 is 1. The van der Waals surface area contributed by atoms with Gasteiger partial charge >= 0.3 is 18.2 Å². The molecule has 3 aromatic rings. The number of carbonyl (C=O) groups is 2. The number of aliphatic hydroxyl groups is 1. The zero-order valence-corrected chi connectivity index (χ0v) is 22.0. The van der Waals surface area contributed by atoms with E-state index < -0.39 is 36.1 Å². The number of rotatable bonds is 6. The Labute approximate surface area is 229 Å². The Bertz CT molecular complexity index is 1360. The molecular formula is C28H30F3N5O4. The lowest BCUT2D eigenvalue weighted by atomic mass is 10.1. The van der Waals surface area contributed by atoms with Crippen LogP contribution in [0.4, 0.5) is 45.5 Å². The number of hydrogen-bond donors (Lipinski definition) is 4. The van der Waals surface area contributed by atoms with E-state index in [-0.39, 0.29) is 18.7 Å². The molecule has 1 aliphatic rings. The van der Waals surface area contributed by atoms with Crippen molar-refractivity contribution in [3.8, 4) is 5.75 Å². The van der Waals surface area contributed by atoms with Crippen LogP contribution >= 0.6 is 0 Å². The van der Waals surface area contributed by atoms with Crippen LogP contribution in [0.2, 0.25) is 0 Å². The molecule has 1 heterocycles. The van der Waals surface area contributed by atoms with E-state index in [9.17, 15) is 27.9 Å². The lowest BCUT2D eigenvalue weighted by Gasteiger charge is -2.36. The number of piperazine rings is 1. The fourth-order valence-corrected chi connectivity index (χ4v) is 4.43. The van der Waals surface area contributed by atoms with Crippen molar-refractivity contribution < 1.29 is 32.6 Å². The highest BCUT2D eigenvalue weighted by Gasteiger charge is 2.35. The van der Waals surface area contributed by atoms with Crippen molar-refractivity contribution >= 4 is 34.8 Å². The number of carbonyl (C=O) groups excluding carboxylic acids is 2. The second-order valence-corrected chi connectivity index (χ2v) is 9.23. The largest absolute Gasteiger partial charge is 0.495 e. The van der Waals surface area contributed by atoms with Gasteiger partial charge in [-0.2, -0.15) is 13.2 Å². The van der Waals surface area contributed by atoms with E-state index in [2.05, 4.69) is 16.0 Å². The quantitative estimate of drug-likeness (QED) is 0.320. The zero-order valence-electron chi connectivity index (χ0n) is 22.0. The van der Waals surface area contributed by atoms with E-state index >= 15 is 0 Å². The Morgan fingerprint density at radius 3 is 2.27 bits per heavy atom. The zero-order chi connectivity index (χ0) is 28.9. The van der Waals surface area contributed by atoms with Crippen molar-refractivity contribution in [1.82, 2.24) is 4.90 Å². The molecule has 1 fully saturated rings. The van der Waals surface area contributed by atoms with Crippen LogP contribution in [0, 0.1) is 6.92 Å². The van der Waals surface area contributed by atoms with Gasteiger partial charge in [0, 0.05) is 43.1 Å². The first-order chi connectivity index (χ1) is 19.1. The van der Waals surface area contributed by atoms with Gasteiger partial charge in [0.2, 0.25) is 0 Å². The molecule has 212 valence electrons. The number of nitrogens with zero attached hydrogens (tertiary/aromatic N) is 2. The van der Waals surface area contributed by atoms with Gasteiger partial charge in [-0.1, -0.05) is 18.2 Å². The van der Waals surface area contributed by atoms with Gasteiger partial charge in [0.25, 0.3) is 0 Å². The summed E-state index contributed by atoms with van der Waals surface area (Å²) in [4.78, 5) is 28.7. The number of benzene rings is 3. The van der Waals surface area contributed by atoms with Gasteiger partial charge < -0.3 is 35.6 Å². The molecule has 0 aliphatic carbocycles. The maximum atomic E-state index is 13.5. The van der Waals surface area contributed by atoms with Gasteiger partial charge in [-0.3, -0.25) is 0 Å². The van der Waals surface area contributed by atoms with Crippen molar-refractivity contribution in [3.05, 3.63) is 77.4 Å². The standard InChI is InChI=1S/C28H30F3N5O4/c1-18-6-11-24(40-2)23(16-18)33-26(38)32-20-7-9-21(10-8-20)35-12-14-36(15-13-35)27(39)34-25-19(17-37)4-3-5-22(25)28(29,30)31/h3-11,16,37H,12-15,17H2,1-2H3,(H,34,39)(H2,32,33,38). The first kappa shape index (κ1) is 28.6. The molecule has 0 unspecified atom stereocenters. The Kier molecular flexibility index (Phi) is 8.68. The van der Waals surface area contributed by atoms with Gasteiger partial charge in [0.1, 0.15) is 5.75 Å². The molecular weight excluding hydrogens is 527 g/mol. The van der Waals surface area contributed by atoms with Crippen molar-refractivity contribution in [3.63, 3.8) is 0 Å². The van der Waals surface area contributed by atoms with Crippen LogP contribution in [0.5, 0.6) is 5.75 Å². The molecule has 0 atom stereocenters. The fraction of sp³-hybridized carbons (Fsp3) is 0.286. The topological polar surface area (TPSA) is 106 Å². The maximum absolute atomic E-state index is 13.5. The Hall–Kier alpha value is -4.45. The normalized spacial score (nSPS) is 13.6. The number of ether oxygens (including phenoxy) is 1. The van der Waals surface area contributed by atoms with E-state index in [1.807, 2.05) is 36.1 Å². The first-order valence-electron chi connectivity index (χ1n) is 12.5. The number of alkyl halides is 3. The summed E-state index contributed by atoms with van der Waals surface area (Å²) in [5.41, 5.74) is 1.52. The lowest BCUT2D eigenvalue weighted by Crippen LogP contribution is -2.50. The highest BCUT2D eigenvalue weighted by atomic mass is 19.4. The third-order valence-electron chi connectivity index (χ3n) is 6.52. The summed E-state index contributed by atoms with van der Waals surface area (Å²) in [6, 6.07) is 15.0. The summed E-state index contributed by atoms with van der Waals surface area (Å²) >= 11 is 0. The summed E-state index contributed by atoms with van der Waals surface area (Å²) in [6.45, 7) is 2.76. The van der Waals surface area contributed by atoms with Crippen LogP contribution < -0.4 is 25.6 Å². The summed E-state index contributed by atoms with van der Waals surface area (Å²) < 4.78 is 45.6. The van der Waals surface area contributed by atoms with Gasteiger partial charge in [-0.25, -0.2) is 9.59 Å². The summed E-state index contributed by atoms with van der Waals surface area (Å²) in [5.74, 6) is 0.544. The molecule has 0 bridgehead atoms. The molecule has 0 aromatic heterocycles. The van der Waals surface area contributed by atoms with E-state index in [0.29, 0.717) is 30.2 Å². The van der Waals surface area contributed by atoms with Crippen LogP contribution in [-0.4, -0.2) is 55.4 Å². The Morgan fingerprint density at radius 1 is 0.950 bits per heavy atom. The van der Waals surface area contributed by atoms with Gasteiger partial charge in [-0.05, 0) is 55.0 Å². The number of hydrogen-bond acceptors (Lipinski definition) is 5. The molecule has 1 saturated heterocycles. The molecule has 0 saturated carbocycles. The highest BCUT2D eigenvalue weighted by Crippen LogP contribution is 2.37. The average molecular weight is 558 g/mol. The van der Waals surface area contributed by atoms with Gasteiger partial charge in [-0.15, -0.1) is 0 Å². The van der Waals surface area contributed by atoms with Crippen LogP contribution in [0.1, 0.15) is 16.7 Å². The molecule has 4 N–H and O–H groups in total. The predicted molar refractivity (Wildman–Crippen MR) is 147 cm³/mol. The lowest BCUT2D eigenvalue weighted by molar-refractivity contribution is -0.137. The Balaban J connectivity index is 1.33. The number of anilines is 4. The van der Waals surface area contributed by atoms with E-state index in [1.165, 1.54) is 24.1 Å². The minimum absolute atomic E-state index is 0.0118. The van der Waals surface area contributed by atoms with Crippen molar-refractivity contribution in [1.29, 1.82) is 0 Å². The van der Waals surface area contributed by atoms with Crippen molar-refractivity contribution in [2.45, 2.75) is 19.7 Å². The third-order valence-corrected chi connectivity index (χ3v) is 6.52. The van der Waals surface area contributed by atoms with E-state index in [0.717, 1.165) is 17.3 Å². The number of para-hydroxylation sites is 1. The van der Waals surface area contributed by atoms with Crippen LogP contribution in [0.25, 0.3) is 0 Å². The fourth-order valence-electron chi connectivity index (χ4n) is 4.43. The number of nitrogens with one attached hydrogen (secondary N) is 3. The minimum Gasteiger partial charge on any atom is -0.495 e. The Morgan fingerprint density at radius 2 is 1.65 bits per heavy atom.